The lowest BCUT2D eigenvalue weighted by Crippen LogP contribution is -2.45. The van der Waals surface area contributed by atoms with Crippen molar-refractivity contribution >= 4 is 17.9 Å². The summed E-state index contributed by atoms with van der Waals surface area (Å²) in [6, 6.07) is 25.3. The van der Waals surface area contributed by atoms with E-state index in [1.54, 1.807) is 91.0 Å². The molecule has 0 aliphatic carbocycles. The summed E-state index contributed by atoms with van der Waals surface area (Å²) in [5.74, 6) is -1.85. The molecule has 9 nitrogen and oxygen atoms in total. The van der Waals surface area contributed by atoms with Gasteiger partial charge in [-0.3, -0.25) is 0 Å². The van der Waals surface area contributed by atoms with Crippen LogP contribution < -0.4 is 0 Å². The molecule has 0 radical (unpaired) electrons. The summed E-state index contributed by atoms with van der Waals surface area (Å²) in [6.45, 7) is 0.390. The van der Waals surface area contributed by atoms with Gasteiger partial charge in [0, 0.05) is 0 Å². The number of carbonyl (C=O) groups is 3. The molecule has 5 rings (SSSR count). The predicted molar refractivity (Wildman–Crippen MR) is 132 cm³/mol. The average molecular weight is 519 g/mol. The molecule has 3 aromatic carbocycles. The Morgan fingerprint density at radius 3 is 1.58 bits per heavy atom. The molecule has 2 aliphatic heterocycles. The van der Waals surface area contributed by atoms with Gasteiger partial charge in [-0.15, -0.1) is 0 Å². The third-order valence-electron chi connectivity index (χ3n) is 6.16. The van der Waals surface area contributed by atoms with E-state index in [-0.39, 0.29) is 6.61 Å². The number of carbonyl (C=O) groups excluding carboxylic acids is 3. The summed E-state index contributed by atoms with van der Waals surface area (Å²) in [5, 5.41) is 0. The van der Waals surface area contributed by atoms with Gasteiger partial charge in [-0.2, -0.15) is 0 Å². The van der Waals surface area contributed by atoms with Gasteiger partial charge < -0.3 is 28.4 Å². The van der Waals surface area contributed by atoms with E-state index in [2.05, 4.69) is 0 Å². The number of rotatable bonds is 8. The summed E-state index contributed by atoms with van der Waals surface area (Å²) in [6.07, 6.45) is -4.96. The SMILES string of the molecule is O=C(OC[C@H]1O[C@@H](C2OCCO2)[C@H](OC(=O)c2ccccc2)[C@@H]1OC(=O)c1ccccc1)c1ccccc1. The van der Waals surface area contributed by atoms with Crippen LogP contribution in [0.15, 0.2) is 91.0 Å². The number of ether oxygens (including phenoxy) is 6. The van der Waals surface area contributed by atoms with Crippen molar-refractivity contribution in [3.05, 3.63) is 108 Å². The molecule has 9 heteroatoms. The predicted octanol–water partition coefficient (Wildman–Crippen LogP) is 3.43. The molecule has 2 heterocycles. The van der Waals surface area contributed by atoms with E-state index in [4.69, 9.17) is 28.4 Å². The van der Waals surface area contributed by atoms with Crippen molar-refractivity contribution < 1.29 is 42.8 Å². The van der Waals surface area contributed by atoms with E-state index >= 15 is 0 Å². The van der Waals surface area contributed by atoms with E-state index in [9.17, 15) is 14.4 Å². The van der Waals surface area contributed by atoms with Gasteiger partial charge in [-0.1, -0.05) is 54.6 Å². The van der Waals surface area contributed by atoms with Crippen LogP contribution in [-0.2, 0) is 28.4 Å². The highest BCUT2D eigenvalue weighted by molar-refractivity contribution is 5.91. The minimum Gasteiger partial charge on any atom is -0.459 e. The second-order valence-corrected chi connectivity index (χ2v) is 8.69. The Morgan fingerprint density at radius 2 is 1.08 bits per heavy atom. The number of hydrogen-bond acceptors (Lipinski definition) is 9. The number of hydrogen-bond donors (Lipinski definition) is 0. The summed E-state index contributed by atoms with van der Waals surface area (Å²) < 4.78 is 34.6. The fourth-order valence-electron chi connectivity index (χ4n) is 4.30. The zero-order valence-corrected chi connectivity index (χ0v) is 20.3. The van der Waals surface area contributed by atoms with Crippen molar-refractivity contribution in [1.82, 2.24) is 0 Å². The van der Waals surface area contributed by atoms with E-state index in [0.717, 1.165) is 0 Å². The van der Waals surface area contributed by atoms with Crippen molar-refractivity contribution in [3.63, 3.8) is 0 Å². The zero-order chi connectivity index (χ0) is 26.3. The van der Waals surface area contributed by atoms with Gasteiger partial charge in [0.25, 0.3) is 0 Å². The molecule has 4 atom stereocenters. The van der Waals surface area contributed by atoms with Crippen molar-refractivity contribution in [2.75, 3.05) is 19.8 Å². The third-order valence-corrected chi connectivity index (χ3v) is 6.16. The van der Waals surface area contributed by atoms with Gasteiger partial charge in [0.15, 0.2) is 18.5 Å². The molecule has 2 saturated heterocycles. The summed E-state index contributed by atoms with van der Waals surface area (Å²) in [7, 11) is 0. The molecule has 2 aliphatic rings. The van der Waals surface area contributed by atoms with Crippen LogP contribution in [0, 0.1) is 0 Å². The molecule has 0 saturated carbocycles. The molecule has 0 unspecified atom stereocenters. The molecule has 0 spiro atoms. The molecule has 0 bridgehead atoms. The van der Waals surface area contributed by atoms with Crippen molar-refractivity contribution in [2.45, 2.75) is 30.7 Å². The first-order chi connectivity index (χ1) is 18.6. The van der Waals surface area contributed by atoms with Crippen LogP contribution in [0.3, 0.4) is 0 Å². The van der Waals surface area contributed by atoms with Crippen LogP contribution >= 0.6 is 0 Å². The number of benzene rings is 3. The molecule has 2 fully saturated rings. The van der Waals surface area contributed by atoms with Crippen LogP contribution in [0.25, 0.3) is 0 Å². The van der Waals surface area contributed by atoms with Crippen LogP contribution in [0.4, 0.5) is 0 Å². The Balaban J connectivity index is 1.41. The third kappa shape index (κ3) is 5.91. The first kappa shape index (κ1) is 25.6. The molecule has 0 amide bonds. The second kappa shape index (κ2) is 12.0. The van der Waals surface area contributed by atoms with Gasteiger partial charge >= 0.3 is 17.9 Å². The first-order valence-corrected chi connectivity index (χ1v) is 12.2. The van der Waals surface area contributed by atoms with Crippen molar-refractivity contribution in [1.29, 1.82) is 0 Å². The largest absolute Gasteiger partial charge is 0.459 e. The Bertz CT molecular complexity index is 1230. The van der Waals surface area contributed by atoms with E-state index in [1.165, 1.54) is 0 Å². The normalized spacial score (nSPS) is 23.1. The second-order valence-electron chi connectivity index (χ2n) is 8.69. The monoisotopic (exact) mass is 518 g/mol. The van der Waals surface area contributed by atoms with Crippen LogP contribution in [0.1, 0.15) is 31.1 Å². The van der Waals surface area contributed by atoms with Gasteiger partial charge in [0.05, 0.1) is 29.9 Å². The highest BCUT2D eigenvalue weighted by atomic mass is 16.7. The van der Waals surface area contributed by atoms with Crippen LogP contribution in [-0.4, -0.2) is 68.4 Å². The zero-order valence-electron chi connectivity index (χ0n) is 20.3. The Labute approximate surface area is 219 Å². The van der Waals surface area contributed by atoms with Crippen molar-refractivity contribution in [3.8, 4) is 0 Å². The molecule has 38 heavy (non-hydrogen) atoms. The summed E-state index contributed by atoms with van der Waals surface area (Å²) >= 11 is 0. The maximum absolute atomic E-state index is 13.0. The average Bonchev–Trinajstić information content (AvgIpc) is 3.62. The minimum absolute atomic E-state index is 0.261. The molecule has 0 N–H and O–H groups in total. The number of esters is 3. The highest BCUT2D eigenvalue weighted by Gasteiger charge is 2.54. The first-order valence-electron chi connectivity index (χ1n) is 12.2. The van der Waals surface area contributed by atoms with Gasteiger partial charge in [-0.05, 0) is 36.4 Å². The summed E-state index contributed by atoms with van der Waals surface area (Å²) in [5.41, 5.74) is 0.971. The van der Waals surface area contributed by atoms with Gasteiger partial charge in [-0.25, -0.2) is 14.4 Å². The van der Waals surface area contributed by atoms with E-state index in [0.29, 0.717) is 29.9 Å². The quantitative estimate of drug-likeness (QED) is 0.327. The highest BCUT2D eigenvalue weighted by Crippen LogP contribution is 2.33. The molecule has 196 valence electrons. The van der Waals surface area contributed by atoms with Gasteiger partial charge in [0.1, 0.15) is 18.8 Å². The maximum Gasteiger partial charge on any atom is 0.338 e. The minimum atomic E-state index is -1.11. The molecule has 3 aromatic rings. The lowest BCUT2D eigenvalue weighted by atomic mass is 10.1. The summed E-state index contributed by atoms with van der Waals surface area (Å²) in [4.78, 5) is 38.7. The maximum atomic E-state index is 13.0. The molecule has 0 aromatic heterocycles. The fraction of sp³-hybridized carbons (Fsp3) is 0.276. The van der Waals surface area contributed by atoms with Gasteiger partial charge in [0.2, 0.25) is 0 Å². The lowest BCUT2D eigenvalue weighted by Gasteiger charge is -2.26. The smallest absolute Gasteiger partial charge is 0.338 e. The van der Waals surface area contributed by atoms with Crippen LogP contribution in [0.5, 0.6) is 0 Å². The standard InChI is InChI=1S/C29H26O9/c30-26(19-10-4-1-5-11-19)35-18-22-23(37-27(31)20-12-6-2-7-13-20)24(25(36-22)29-33-16-17-34-29)38-28(32)21-14-8-3-9-15-21/h1-15,22-25,29H,16-18H2/t22-,23-,24-,25-/m1/s1. The Hall–Kier alpha value is -4.05. The molecular weight excluding hydrogens is 492 g/mol. The van der Waals surface area contributed by atoms with Crippen LogP contribution in [0.2, 0.25) is 0 Å². The topological polar surface area (TPSA) is 107 Å². The fourth-order valence-corrected chi connectivity index (χ4v) is 4.30. The molecular formula is C29H26O9. The lowest BCUT2D eigenvalue weighted by molar-refractivity contribution is -0.161. The Morgan fingerprint density at radius 1 is 0.632 bits per heavy atom. The van der Waals surface area contributed by atoms with E-state index < -0.39 is 48.6 Å². The Kier molecular flexibility index (Phi) is 8.08. The van der Waals surface area contributed by atoms with Crippen molar-refractivity contribution in [2.24, 2.45) is 0 Å². The van der Waals surface area contributed by atoms with E-state index in [1.807, 2.05) is 0 Å².